The Hall–Kier alpha value is -1.11. The average Bonchev–Trinajstić information content (AvgIpc) is 2.17. The number of nitrogens with two attached hydrogens (primary N) is 2. The predicted octanol–water partition coefficient (Wildman–Crippen LogP) is -0.364. The molecule has 1 rings (SSSR count). The highest BCUT2D eigenvalue weighted by Gasteiger charge is 2.12. The summed E-state index contributed by atoms with van der Waals surface area (Å²) < 4.78 is 24.9. The van der Waals surface area contributed by atoms with E-state index in [1.54, 1.807) is 6.07 Å². The molecule has 14 heavy (non-hydrogen) atoms. The third kappa shape index (κ3) is 2.03. The van der Waals surface area contributed by atoms with Crippen LogP contribution < -0.4 is 16.2 Å². The normalized spacial score (nSPS) is 11.6. The van der Waals surface area contributed by atoms with E-state index in [0.29, 0.717) is 12.2 Å². The molecule has 5 nitrogen and oxygen atoms in total. The molecule has 0 heterocycles. The number of hydrogen-bond acceptors (Lipinski definition) is 4. The van der Waals surface area contributed by atoms with Crippen LogP contribution >= 0.6 is 0 Å². The summed E-state index contributed by atoms with van der Waals surface area (Å²) in [6.07, 6.45) is 0. The number of benzene rings is 1. The Balaban J connectivity index is 3.22. The Bertz CT molecular complexity index is 428. The first-order chi connectivity index (χ1) is 6.51. The minimum Gasteiger partial charge on any atom is -0.398 e. The van der Waals surface area contributed by atoms with Gasteiger partial charge in [-0.05, 0) is 24.7 Å². The summed E-state index contributed by atoms with van der Waals surface area (Å²) in [6, 6.07) is 4.48. The number of anilines is 1. The highest BCUT2D eigenvalue weighted by Crippen LogP contribution is 2.17. The van der Waals surface area contributed by atoms with E-state index in [0.717, 1.165) is 5.56 Å². The standard InChI is InChI=1S/C8H13N3O2S/c1-11-14(12,13)7-3-2-6(5-9)8(10)4-7/h2-4,11H,5,9-10H2,1H3. The summed E-state index contributed by atoms with van der Waals surface area (Å²) in [5.74, 6) is 0. The van der Waals surface area contributed by atoms with Gasteiger partial charge in [0.05, 0.1) is 4.90 Å². The van der Waals surface area contributed by atoms with Crippen molar-refractivity contribution in [3.8, 4) is 0 Å². The molecule has 0 saturated carbocycles. The van der Waals surface area contributed by atoms with Gasteiger partial charge in [-0.1, -0.05) is 6.07 Å². The van der Waals surface area contributed by atoms with Gasteiger partial charge >= 0.3 is 0 Å². The van der Waals surface area contributed by atoms with Gasteiger partial charge in [0.25, 0.3) is 0 Å². The smallest absolute Gasteiger partial charge is 0.240 e. The predicted molar refractivity (Wildman–Crippen MR) is 55.0 cm³/mol. The van der Waals surface area contributed by atoms with Gasteiger partial charge in [0.15, 0.2) is 0 Å². The lowest BCUT2D eigenvalue weighted by atomic mass is 10.2. The maximum atomic E-state index is 11.4. The Labute approximate surface area is 83.2 Å². The fraction of sp³-hybridized carbons (Fsp3) is 0.250. The van der Waals surface area contributed by atoms with E-state index in [-0.39, 0.29) is 4.90 Å². The minimum atomic E-state index is -3.42. The van der Waals surface area contributed by atoms with Crippen LogP contribution in [-0.2, 0) is 16.6 Å². The van der Waals surface area contributed by atoms with Gasteiger partial charge in [0.1, 0.15) is 0 Å². The Morgan fingerprint density at radius 1 is 1.43 bits per heavy atom. The molecule has 1 aromatic carbocycles. The van der Waals surface area contributed by atoms with E-state index < -0.39 is 10.0 Å². The van der Waals surface area contributed by atoms with E-state index in [1.807, 2.05) is 0 Å². The molecule has 0 amide bonds. The van der Waals surface area contributed by atoms with Crippen LogP contribution in [0.15, 0.2) is 23.1 Å². The molecule has 0 aliphatic heterocycles. The molecule has 0 saturated heterocycles. The number of hydrogen-bond donors (Lipinski definition) is 3. The molecule has 0 atom stereocenters. The maximum Gasteiger partial charge on any atom is 0.240 e. The lowest BCUT2D eigenvalue weighted by Gasteiger charge is -2.06. The van der Waals surface area contributed by atoms with E-state index in [1.165, 1.54) is 19.2 Å². The van der Waals surface area contributed by atoms with Gasteiger partial charge in [-0.25, -0.2) is 13.1 Å². The Morgan fingerprint density at radius 2 is 2.07 bits per heavy atom. The first kappa shape index (κ1) is 11.0. The average molecular weight is 215 g/mol. The highest BCUT2D eigenvalue weighted by atomic mass is 32.2. The third-order valence-electron chi connectivity index (χ3n) is 1.92. The van der Waals surface area contributed by atoms with Crippen LogP contribution in [0.25, 0.3) is 0 Å². The largest absolute Gasteiger partial charge is 0.398 e. The number of rotatable bonds is 3. The van der Waals surface area contributed by atoms with Gasteiger partial charge in [-0.3, -0.25) is 0 Å². The molecule has 6 heteroatoms. The van der Waals surface area contributed by atoms with Gasteiger partial charge in [-0.2, -0.15) is 0 Å². The summed E-state index contributed by atoms with van der Waals surface area (Å²) in [5, 5.41) is 0. The molecule has 0 bridgehead atoms. The molecule has 78 valence electrons. The molecule has 0 unspecified atom stereocenters. The summed E-state index contributed by atoms with van der Waals surface area (Å²) in [5.41, 5.74) is 12.1. The lowest BCUT2D eigenvalue weighted by Crippen LogP contribution is -2.19. The summed E-state index contributed by atoms with van der Waals surface area (Å²) in [7, 11) is -2.07. The topological polar surface area (TPSA) is 98.2 Å². The van der Waals surface area contributed by atoms with Crippen molar-refractivity contribution in [2.24, 2.45) is 5.73 Å². The van der Waals surface area contributed by atoms with Gasteiger partial charge in [0, 0.05) is 12.2 Å². The van der Waals surface area contributed by atoms with Gasteiger partial charge < -0.3 is 11.5 Å². The van der Waals surface area contributed by atoms with Crippen molar-refractivity contribution in [2.75, 3.05) is 12.8 Å². The number of nitrogens with one attached hydrogen (secondary N) is 1. The second kappa shape index (κ2) is 3.95. The first-order valence-electron chi connectivity index (χ1n) is 4.03. The monoisotopic (exact) mass is 215 g/mol. The highest BCUT2D eigenvalue weighted by molar-refractivity contribution is 7.89. The number of nitrogen functional groups attached to an aromatic ring is 1. The van der Waals surface area contributed by atoms with Crippen molar-refractivity contribution in [3.63, 3.8) is 0 Å². The lowest BCUT2D eigenvalue weighted by molar-refractivity contribution is 0.588. The molecule has 0 aliphatic carbocycles. The van der Waals surface area contributed by atoms with Crippen LogP contribution in [0.1, 0.15) is 5.56 Å². The third-order valence-corrected chi connectivity index (χ3v) is 3.33. The molecular weight excluding hydrogens is 202 g/mol. The molecule has 0 fully saturated rings. The molecule has 1 aromatic rings. The summed E-state index contributed by atoms with van der Waals surface area (Å²) in [6.45, 7) is 0.297. The summed E-state index contributed by atoms with van der Waals surface area (Å²) >= 11 is 0. The van der Waals surface area contributed by atoms with Crippen molar-refractivity contribution in [1.82, 2.24) is 4.72 Å². The van der Waals surface area contributed by atoms with Crippen LogP contribution in [0.5, 0.6) is 0 Å². The van der Waals surface area contributed by atoms with Crippen LogP contribution in [0, 0.1) is 0 Å². The maximum absolute atomic E-state index is 11.4. The SMILES string of the molecule is CNS(=O)(=O)c1ccc(CN)c(N)c1. The minimum absolute atomic E-state index is 0.148. The molecule has 0 aliphatic rings. The fourth-order valence-electron chi connectivity index (χ4n) is 1.04. The van der Waals surface area contributed by atoms with Crippen molar-refractivity contribution in [3.05, 3.63) is 23.8 Å². The second-order valence-corrected chi connectivity index (χ2v) is 4.66. The van der Waals surface area contributed by atoms with E-state index in [4.69, 9.17) is 11.5 Å². The molecular formula is C8H13N3O2S. The molecule has 5 N–H and O–H groups in total. The van der Waals surface area contributed by atoms with Crippen molar-refractivity contribution < 1.29 is 8.42 Å². The summed E-state index contributed by atoms with van der Waals surface area (Å²) in [4.78, 5) is 0.148. The first-order valence-corrected chi connectivity index (χ1v) is 5.51. The van der Waals surface area contributed by atoms with Crippen molar-refractivity contribution in [2.45, 2.75) is 11.4 Å². The van der Waals surface area contributed by atoms with Crippen LogP contribution in [0.2, 0.25) is 0 Å². The van der Waals surface area contributed by atoms with Crippen LogP contribution in [0.4, 0.5) is 5.69 Å². The Morgan fingerprint density at radius 3 is 2.50 bits per heavy atom. The van der Waals surface area contributed by atoms with Crippen molar-refractivity contribution >= 4 is 15.7 Å². The van der Waals surface area contributed by atoms with E-state index in [2.05, 4.69) is 4.72 Å². The zero-order chi connectivity index (χ0) is 10.8. The van der Waals surface area contributed by atoms with Crippen molar-refractivity contribution in [1.29, 1.82) is 0 Å². The van der Waals surface area contributed by atoms with E-state index >= 15 is 0 Å². The van der Waals surface area contributed by atoms with Gasteiger partial charge in [0.2, 0.25) is 10.0 Å². The van der Waals surface area contributed by atoms with Crippen LogP contribution in [-0.4, -0.2) is 15.5 Å². The quantitative estimate of drug-likeness (QED) is 0.599. The van der Waals surface area contributed by atoms with E-state index in [9.17, 15) is 8.42 Å². The Kier molecular flexibility index (Phi) is 3.10. The van der Waals surface area contributed by atoms with Gasteiger partial charge in [-0.15, -0.1) is 0 Å². The zero-order valence-electron chi connectivity index (χ0n) is 7.82. The molecule has 0 radical (unpaired) electrons. The molecule has 0 aromatic heterocycles. The molecule has 0 spiro atoms. The second-order valence-electron chi connectivity index (χ2n) is 2.77. The number of sulfonamides is 1. The zero-order valence-corrected chi connectivity index (χ0v) is 8.64. The van der Waals surface area contributed by atoms with Crippen LogP contribution in [0.3, 0.4) is 0 Å². The fourth-order valence-corrected chi connectivity index (χ4v) is 1.81.